The van der Waals surface area contributed by atoms with Crippen LogP contribution in [-0.4, -0.2) is 26.0 Å². The zero-order valence-corrected chi connectivity index (χ0v) is 11.5. The molecule has 0 aromatic heterocycles. The van der Waals surface area contributed by atoms with Crippen LogP contribution in [0.15, 0.2) is 35.2 Å². The highest BCUT2D eigenvalue weighted by molar-refractivity contribution is 8.00. The molecule has 0 radical (unpaired) electrons. The van der Waals surface area contributed by atoms with Gasteiger partial charge in [-0.15, -0.1) is 0 Å². The van der Waals surface area contributed by atoms with E-state index in [1.54, 1.807) is 36.0 Å². The Kier molecular flexibility index (Phi) is 3.80. The van der Waals surface area contributed by atoms with Crippen LogP contribution in [0, 0.1) is 0 Å². The third-order valence-corrected chi connectivity index (χ3v) is 6.17. The Bertz CT molecular complexity index is 461. The molecular formula is C12H17NO2S2. The van der Waals surface area contributed by atoms with Gasteiger partial charge in [0.2, 0.25) is 10.0 Å². The third kappa shape index (κ3) is 2.84. The first-order valence-electron chi connectivity index (χ1n) is 5.68. The summed E-state index contributed by atoms with van der Waals surface area (Å²) in [4.78, 5) is 0.343. The van der Waals surface area contributed by atoms with Crippen LogP contribution in [-0.2, 0) is 10.0 Å². The summed E-state index contributed by atoms with van der Waals surface area (Å²) >= 11 is 1.77. The quantitative estimate of drug-likeness (QED) is 0.893. The highest BCUT2D eigenvalue weighted by Crippen LogP contribution is 2.42. The van der Waals surface area contributed by atoms with Crippen LogP contribution < -0.4 is 4.72 Å². The van der Waals surface area contributed by atoms with Crippen molar-refractivity contribution in [3.63, 3.8) is 0 Å². The number of hydrogen-bond acceptors (Lipinski definition) is 3. The molecule has 0 bridgehead atoms. The molecule has 0 saturated heterocycles. The Balaban J connectivity index is 2.04. The minimum absolute atomic E-state index is 0.127. The molecule has 0 aliphatic heterocycles. The summed E-state index contributed by atoms with van der Waals surface area (Å²) in [5, 5.41) is 0. The van der Waals surface area contributed by atoms with Crippen molar-refractivity contribution < 1.29 is 8.42 Å². The summed E-state index contributed by atoms with van der Waals surface area (Å²) in [5.41, 5.74) is 0. The van der Waals surface area contributed by atoms with E-state index in [1.165, 1.54) is 6.42 Å². The first-order chi connectivity index (χ1) is 8.08. The molecule has 1 aromatic carbocycles. The second-order valence-corrected chi connectivity index (χ2v) is 7.42. The Hall–Kier alpha value is -0.520. The highest BCUT2D eigenvalue weighted by Gasteiger charge is 2.37. The second-order valence-electron chi connectivity index (χ2n) is 4.38. The summed E-state index contributed by atoms with van der Waals surface area (Å²) in [6.07, 6.45) is 5.46. The molecule has 1 aromatic rings. The lowest BCUT2D eigenvalue weighted by atomic mass is 9.84. The summed E-state index contributed by atoms with van der Waals surface area (Å²) in [6.45, 7) is 0.533. The number of thioether (sulfide) groups is 1. The standard InChI is InChI=1S/C12H17NO2S2/c1-16-12(8-5-9-12)10-13-17(14,15)11-6-3-2-4-7-11/h2-4,6-7,13H,5,8-10H2,1H3. The number of rotatable bonds is 5. The van der Waals surface area contributed by atoms with Crippen LogP contribution in [0.2, 0.25) is 0 Å². The van der Waals surface area contributed by atoms with Crippen LogP contribution in [0.1, 0.15) is 19.3 Å². The smallest absolute Gasteiger partial charge is 0.210 e. The summed E-state index contributed by atoms with van der Waals surface area (Å²) in [6, 6.07) is 8.53. The van der Waals surface area contributed by atoms with Crippen molar-refractivity contribution in [2.75, 3.05) is 12.8 Å². The Morgan fingerprint density at radius 2 is 1.94 bits per heavy atom. The minimum Gasteiger partial charge on any atom is -0.210 e. The zero-order chi connectivity index (χ0) is 12.4. The van der Waals surface area contributed by atoms with Gasteiger partial charge in [0.05, 0.1) is 4.90 Å². The van der Waals surface area contributed by atoms with Gasteiger partial charge in [-0.1, -0.05) is 24.6 Å². The summed E-state index contributed by atoms with van der Waals surface area (Å²) < 4.78 is 26.9. The lowest BCUT2D eigenvalue weighted by Crippen LogP contribution is -2.45. The molecular weight excluding hydrogens is 254 g/mol. The fourth-order valence-electron chi connectivity index (χ4n) is 1.93. The van der Waals surface area contributed by atoms with Crippen molar-refractivity contribution in [2.24, 2.45) is 0 Å². The van der Waals surface area contributed by atoms with E-state index >= 15 is 0 Å². The lowest BCUT2D eigenvalue weighted by Gasteiger charge is -2.40. The maximum atomic E-state index is 12.0. The molecule has 0 unspecified atom stereocenters. The minimum atomic E-state index is -3.34. The number of nitrogens with one attached hydrogen (secondary N) is 1. The second kappa shape index (κ2) is 5.00. The summed E-state index contributed by atoms with van der Waals surface area (Å²) in [7, 11) is -3.34. The van der Waals surface area contributed by atoms with E-state index in [0.717, 1.165) is 12.8 Å². The molecule has 3 nitrogen and oxygen atoms in total. The Morgan fingerprint density at radius 1 is 1.29 bits per heavy atom. The maximum Gasteiger partial charge on any atom is 0.240 e. The van der Waals surface area contributed by atoms with Gasteiger partial charge in [0, 0.05) is 11.3 Å². The van der Waals surface area contributed by atoms with Crippen LogP contribution >= 0.6 is 11.8 Å². The van der Waals surface area contributed by atoms with Crippen molar-refractivity contribution in [3.8, 4) is 0 Å². The lowest BCUT2D eigenvalue weighted by molar-refractivity contribution is 0.362. The molecule has 1 fully saturated rings. The molecule has 94 valence electrons. The van der Waals surface area contributed by atoms with Crippen molar-refractivity contribution in [2.45, 2.75) is 28.9 Å². The third-order valence-electron chi connectivity index (χ3n) is 3.34. The number of hydrogen-bond donors (Lipinski definition) is 1. The highest BCUT2D eigenvalue weighted by atomic mass is 32.2. The molecule has 0 heterocycles. The van der Waals surface area contributed by atoms with Gasteiger partial charge in [-0.3, -0.25) is 0 Å². The molecule has 0 amide bonds. The first kappa shape index (κ1) is 12.9. The summed E-state index contributed by atoms with van der Waals surface area (Å²) in [5.74, 6) is 0. The SMILES string of the molecule is CSC1(CNS(=O)(=O)c2ccccc2)CCC1. The topological polar surface area (TPSA) is 46.2 Å². The average Bonchev–Trinajstić information content (AvgIpc) is 2.29. The van der Waals surface area contributed by atoms with E-state index in [-0.39, 0.29) is 4.75 Å². The Labute approximate surface area is 107 Å². The molecule has 1 aliphatic carbocycles. The van der Waals surface area contributed by atoms with Crippen LogP contribution in [0.5, 0.6) is 0 Å². The van der Waals surface area contributed by atoms with E-state index in [9.17, 15) is 8.42 Å². The van der Waals surface area contributed by atoms with Gasteiger partial charge < -0.3 is 0 Å². The van der Waals surface area contributed by atoms with Gasteiger partial charge in [0.25, 0.3) is 0 Å². The fourth-order valence-corrected chi connectivity index (χ4v) is 4.09. The van der Waals surface area contributed by atoms with Gasteiger partial charge in [-0.05, 0) is 31.2 Å². The molecule has 5 heteroatoms. The zero-order valence-electron chi connectivity index (χ0n) is 9.85. The van der Waals surface area contributed by atoms with Crippen LogP contribution in [0.4, 0.5) is 0 Å². The van der Waals surface area contributed by atoms with E-state index < -0.39 is 10.0 Å². The predicted octanol–water partition coefficient (Wildman–Crippen LogP) is 2.25. The largest absolute Gasteiger partial charge is 0.240 e. The Morgan fingerprint density at radius 3 is 2.41 bits per heavy atom. The van der Waals surface area contributed by atoms with Crippen molar-refractivity contribution in [1.29, 1.82) is 0 Å². The molecule has 1 N–H and O–H groups in total. The van der Waals surface area contributed by atoms with E-state index in [2.05, 4.69) is 11.0 Å². The maximum absolute atomic E-state index is 12.0. The van der Waals surface area contributed by atoms with Gasteiger partial charge >= 0.3 is 0 Å². The van der Waals surface area contributed by atoms with Gasteiger partial charge in [-0.25, -0.2) is 13.1 Å². The van der Waals surface area contributed by atoms with Gasteiger partial charge in [0.15, 0.2) is 0 Å². The molecule has 1 aliphatic rings. The molecule has 0 spiro atoms. The van der Waals surface area contributed by atoms with Gasteiger partial charge in [0.1, 0.15) is 0 Å². The predicted molar refractivity (Wildman–Crippen MR) is 71.7 cm³/mol. The molecule has 1 saturated carbocycles. The number of benzene rings is 1. The molecule has 2 rings (SSSR count). The monoisotopic (exact) mass is 271 g/mol. The normalized spacial score (nSPS) is 18.6. The van der Waals surface area contributed by atoms with Crippen LogP contribution in [0.25, 0.3) is 0 Å². The molecule has 17 heavy (non-hydrogen) atoms. The average molecular weight is 271 g/mol. The number of sulfonamides is 1. The van der Waals surface area contributed by atoms with E-state index in [4.69, 9.17) is 0 Å². The van der Waals surface area contributed by atoms with E-state index in [1.807, 2.05) is 6.07 Å². The van der Waals surface area contributed by atoms with Crippen molar-refractivity contribution in [3.05, 3.63) is 30.3 Å². The fraction of sp³-hybridized carbons (Fsp3) is 0.500. The van der Waals surface area contributed by atoms with Crippen LogP contribution in [0.3, 0.4) is 0 Å². The molecule has 0 atom stereocenters. The van der Waals surface area contributed by atoms with Crippen molar-refractivity contribution >= 4 is 21.8 Å². The van der Waals surface area contributed by atoms with Crippen molar-refractivity contribution in [1.82, 2.24) is 4.72 Å². The first-order valence-corrected chi connectivity index (χ1v) is 8.39. The van der Waals surface area contributed by atoms with E-state index in [0.29, 0.717) is 11.4 Å². The van der Waals surface area contributed by atoms with Gasteiger partial charge in [-0.2, -0.15) is 11.8 Å².